The van der Waals surface area contributed by atoms with E-state index < -0.39 is 0 Å². The number of thiophene rings is 1. The van der Waals surface area contributed by atoms with Crippen LogP contribution >= 0.6 is 11.3 Å². The first-order valence-electron chi connectivity index (χ1n) is 10.6. The summed E-state index contributed by atoms with van der Waals surface area (Å²) in [5.41, 5.74) is 6.45. The van der Waals surface area contributed by atoms with Crippen LogP contribution in [0, 0.1) is 0 Å². The number of anilines is 2. The van der Waals surface area contributed by atoms with Gasteiger partial charge >= 0.3 is 0 Å². The van der Waals surface area contributed by atoms with Gasteiger partial charge in [0.25, 0.3) is 0 Å². The molecule has 0 saturated heterocycles. The van der Waals surface area contributed by atoms with Gasteiger partial charge in [0, 0.05) is 28.5 Å². The quantitative estimate of drug-likeness (QED) is 0.492. The Balaban J connectivity index is 1.59. The Morgan fingerprint density at radius 3 is 2.40 bits per heavy atom. The third-order valence-corrected chi connectivity index (χ3v) is 7.23. The van der Waals surface area contributed by atoms with Crippen LogP contribution < -0.4 is 10.6 Å². The molecule has 5 rings (SSSR count). The maximum atomic E-state index is 13.5. The summed E-state index contributed by atoms with van der Waals surface area (Å²) in [5, 5.41) is 9.38. The SMILES string of the molecule is CC(C)c1ccc([C@H]2Nc3ccccc3NC3=C2C(=O)C[C@H](c2cccs2)C3)cc1. The summed E-state index contributed by atoms with van der Waals surface area (Å²) in [4.78, 5) is 14.8. The molecule has 0 bridgehead atoms. The Bertz CT molecular complexity index is 1100. The molecule has 2 aliphatic rings. The Morgan fingerprint density at radius 2 is 1.70 bits per heavy atom. The first-order chi connectivity index (χ1) is 14.6. The van der Waals surface area contributed by atoms with Gasteiger partial charge in [0.05, 0.1) is 17.4 Å². The van der Waals surface area contributed by atoms with Crippen LogP contribution in [0.5, 0.6) is 0 Å². The number of allylic oxidation sites excluding steroid dienone is 1. The number of para-hydroxylation sites is 2. The molecule has 1 aromatic heterocycles. The second kappa shape index (κ2) is 7.77. The summed E-state index contributed by atoms with van der Waals surface area (Å²) in [6, 6.07) is 21.0. The summed E-state index contributed by atoms with van der Waals surface area (Å²) < 4.78 is 0. The van der Waals surface area contributed by atoms with Crippen LogP contribution in [0.15, 0.2) is 77.3 Å². The zero-order chi connectivity index (χ0) is 20.7. The molecular weight excluding hydrogens is 388 g/mol. The molecule has 0 unspecified atom stereocenters. The summed E-state index contributed by atoms with van der Waals surface area (Å²) in [6.07, 6.45) is 1.43. The maximum Gasteiger partial charge on any atom is 0.163 e. The normalized spacial score (nSPS) is 20.8. The van der Waals surface area contributed by atoms with Gasteiger partial charge in [0.2, 0.25) is 0 Å². The van der Waals surface area contributed by atoms with E-state index in [1.807, 2.05) is 12.1 Å². The average Bonchev–Trinajstić information content (AvgIpc) is 3.23. The minimum absolute atomic E-state index is 0.144. The van der Waals surface area contributed by atoms with E-state index in [2.05, 4.69) is 78.4 Å². The fourth-order valence-corrected chi connectivity index (χ4v) is 5.37. The molecule has 0 spiro atoms. The molecule has 1 aliphatic heterocycles. The smallest absolute Gasteiger partial charge is 0.163 e. The number of hydrogen-bond acceptors (Lipinski definition) is 4. The van der Waals surface area contributed by atoms with Crippen molar-refractivity contribution in [1.82, 2.24) is 0 Å². The predicted molar refractivity (Wildman–Crippen MR) is 125 cm³/mol. The number of hydrogen-bond donors (Lipinski definition) is 2. The third-order valence-electron chi connectivity index (χ3n) is 6.19. The molecule has 0 amide bonds. The molecule has 3 nitrogen and oxygen atoms in total. The van der Waals surface area contributed by atoms with Gasteiger partial charge < -0.3 is 10.6 Å². The minimum atomic E-state index is -0.144. The van der Waals surface area contributed by atoms with E-state index >= 15 is 0 Å². The zero-order valence-electron chi connectivity index (χ0n) is 17.3. The second-order valence-corrected chi connectivity index (χ2v) is 9.48. The lowest BCUT2D eigenvalue weighted by atomic mass is 9.80. The van der Waals surface area contributed by atoms with Gasteiger partial charge in [-0.3, -0.25) is 4.79 Å². The molecule has 2 aromatic carbocycles. The molecule has 0 fully saturated rings. The highest BCUT2D eigenvalue weighted by Crippen LogP contribution is 2.44. The van der Waals surface area contributed by atoms with Gasteiger partial charge in [-0.1, -0.05) is 56.3 Å². The van der Waals surface area contributed by atoms with Gasteiger partial charge in [-0.05, 0) is 47.0 Å². The summed E-state index contributed by atoms with van der Waals surface area (Å²) in [5.74, 6) is 0.972. The van der Waals surface area contributed by atoms with Crippen LogP contribution in [0.4, 0.5) is 11.4 Å². The molecule has 0 saturated carbocycles. The standard InChI is InChI=1S/C26H26N2OS/c1-16(2)17-9-11-18(12-10-17)26-25-22(27-20-6-3-4-7-21(20)28-26)14-19(15-23(25)29)24-8-5-13-30-24/h3-13,16,19,26-28H,14-15H2,1-2H3/t19-,26-/m1/s1. The number of carbonyl (C=O) groups excluding carboxylic acids is 1. The Labute approximate surface area is 181 Å². The van der Waals surface area contributed by atoms with Crippen molar-refractivity contribution in [3.63, 3.8) is 0 Å². The Hall–Kier alpha value is -2.85. The monoisotopic (exact) mass is 414 g/mol. The maximum absolute atomic E-state index is 13.5. The van der Waals surface area contributed by atoms with Crippen LogP contribution in [0.2, 0.25) is 0 Å². The van der Waals surface area contributed by atoms with E-state index in [1.54, 1.807) is 11.3 Å². The Kier molecular flexibility index (Phi) is 4.95. The van der Waals surface area contributed by atoms with Gasteiger partial charge in [-0.25, -0.2) is 0 Å². The topological polar surface area (TPSA) is 41.1 Å². The summed E-state index contributed by atoms with van der Waals surface area (Å²) in [7, 11) is 0. The lowest BCUT2D eigenvalue weighted by Crippen LogP contribution is -2.26. The van der Waals surface area contributed by atoms with Gasteiger partial charge in [-0.15, -0.1) is 11.3 Å². The summed E-state index contributed by atoms with van der Waals surface area (Å²) >= 11 is 1.74. The summed E-state index contributed by atoms with van der Waals surface area (Å²) in [6.45, 7) is 4.41. The van der Waals surface area contributed by atoms with Gasteiger partial charge in [0.15, 0.2) is 5.78 Å². The molecule has 0 radical (unpaired) electrons. The van der Waals surface area contributed by atoms with E-state index in [0.717, 1.165) is 34.6 Å². The number of benzene rings is 2. The molecule has 2 heterocycles. The van der Waals surface area contributed by atoms with Gasteiger partial charge in [-0.2, -0.15) is 0 Å². The van der Waals surface area contributed by atoms with E-state index in [4.69, 9.17) is 0 Å². The van der Waals surface area contributed by atoms with Crippen molar-refractivity contribution in [3.05, 3.63) is 93.3 Å². The number of Topliss-reactive ketones (excluding diaryl/α,β-unsaturated/α-hetero) is 1. The molecule has 152 valence electrons. The van der Waals surface area contributed by atoms with Crippen molar-refractivity contribution >= 4 is 28.5 Å². The molecule has 30 heavy (non-hydrogen) atoms. The Morgan fingerprint density at radius 1 is 0.933 bits per heavy atom. The second-order valence-electron chi connectivity index (χ2n) is 8.51. The molecule has 4 heteroatoms. The fourth-order valence-electron chi connectivity index (χ4n) is 4.54. The highest BCUT2D eigenvalue weighted by atomic mass is 32.1. The molecular formula is C26H26N2OS. The van der Waals surface area contributed by atoms with Crippen molar-refractivity contribution in [2.75, 3.05) is 10.6 Å². The molecule has 2 N–H and O–H groups in total. The van der Waals surface area contributed by atoms with Crippen molar-refractivity contribution in [3.8, 4) is 0 Å². The fraction of sp³-hybridized carbons (Fsp3) is 0.269. The number of nitrogens with one attached hydrogen (secondary N) is 2. The molecule has 3 aromatic rings. The van der Waals surface area contributed by atoms with Crippen LogP contribution in [0.25, 0.3) is 0 Å². The molecule has 2 atom stereocenters. The van der Waals surface area contributed by atoms with Gasteiger partial charge in [0.1, 0.15) is 0 Å². The van der Waals surface area contributed by atoms with Crippen molar-refractivity contribution < 1.29 is 4.79 Å². The number of ketones is 1. The largest absolute Gasteiger partial charge is 0.372 e. The number of fused-ring (bicyclic) bond motifs is 1. The predicted octanol–water partition coefficient (Wildman–Crippen LogP) is 6.85. The van der Waals surface area contributed by atoms with E-state index in [-0.39, 0.29) is 17.7 Å². The van der Waals surface area contributed by atoms with E-state index in [9.17, 15) is 4.79 Å². The lowest BCUT2D eigenvalue weighted by Gasteiger charge is -2.29. The van der Waals surface area contributed by atoms with Crippen molar-refractivity contribution in [2.45, 2.75) is 44.6 Å². The lowest BCUT2D eigenvalue weighted by molar-refractivity contribution is -0.116. The first kappa shape index (κ1) is 19.1. The minimum Gasteiger partial charge on any atom is -0.372 e. The zero-order valence-corrected chi connectivity index (χ0v) is 18.1. The highest BCUT2D eigenvalue weighted by Gasteiger charge is 2.36. The van der Waals surface area contributed by atoms with Crippen molar-refractivity contribution in [1.29, 1.82) is 0 Å². The van der Waals surface area contributed by atoms with Crippen LogP contribution in [-0.4, -0.2) is 5.78 Å². The molecule has 1 aliphatic carbocycles. The van der Waals surface area contributed by atoms with E-state index in [1.165, 1.54) is 10.4 Å². The van der Waals surface area contributed by atoms with Crippen LogP contribution in [-0.2, 0) is 4.79 Å². The average molecular weight is 415 g/mol. The third kappa shape index (κ3) is 3.46. The number of rotatable bonds is 3. The van der Waals surface area contributed by atoms with Crippen LogP contribution in [0.1, 0.15) is 60.6 Å². The number of carbonyl (C=O) groups is 1. The first-order valence-corrected chi connectivity index (χ1v) is 11.5. The van der Waals surface area contributed by atoms with Crippen molar-refractivity contribution in [2.24, 2.45) is 0 Å². The van der Waals surface area contributed by atoms with E-state index in [0.29, 0.717) is 12.3 Å². The highest BCUT2D eigenvalue weighted by molar-refractivity contribution is 7.10. The van der Waals surface area contributed by atoms with Crippen LogP contribution in [0.3, 0.4) is 0 Å².